The van der Waals surface area contributed by atoms with Gasteiger partial charge in [-0.3, -0.25) is 19.7 Å². The second kappa shape index (κ2) is 7.53. The minimum absolute atomic E-state index is 0.145. The summed E-state index contributed by atoms with van der Waals surface area (Å²) in [4.78, 5) is 43.0. The fraction of sp³-hybridized carbons (Fsp3) is 0.273. The van der Waals surface area contributed by atoms with E-state index in [4.69, 9.17) is 0 Å². The Kier molecular flexibility index (Phi) is 5.74. The normalized spacial score (nSPS) is 9.57. The summed E-state index contributed by atoms with van der Waals surface area (Å²) in [6.45, 7) is -0.699. The Morgan fingerprint density at radius 2 is 2.00 bits per heavy atom. The molecule has 1 N–H and O–H groups in total. The van der Waals surface area contributed by atoms with Gasteiger partial charge in [-0.05, 0) is 12.1 Å². The molecule has 21 heavy (non-hydrogen) atoms. The summed E-state index contributed by atoms with van der Waals surface area (Å²) >= 11 is 0. The van der Waals surface area contributed by atoms with Crippen LogP contribution < -0.4 is 5.32 Å². The number of carbonyl (C=O) groups excluding carboxylic acids is 2. The molecule has 1 amide bonds. The highest BCUT2D eigenvalue weighted by Gasteiger charge is 2.13. The maximum Gasteiger partial charge on any atom is 0.327 e. The summed E-state index contributed by atoms with van der Waals surface area (Å²) < 4.78 is 4.35. The molecule has 1 rings (SSSR count). The van der Waals surface area contributed by atoms with Crippen LogP contribution in [0, 0.1) is 15.0 Å². The Morgan fingerprint density at radius 1 is 1.38 bits per heavy atom. The third-order valence-electron chi connectivity index (χ3n) is 2.42. The first-order valence-electron chi connectivity index (χ1n) is 5.65. The highest BCUT2D eigenvalue weighted by Crippen LogP contribution is 2.11. The molecule has 0 fully saturated rings. The zero-order chi connectivity index (χ0) is 15.8. The van der Waals surface area contributed by atoms with Crippen LogP contribution in [0.3, 0.4) is 0 Å². The summed E-state index contributed by atoms with van der Waals surface area (Å²) in [5.74, 6) is -1.25. The van der Waals surface area contributed by atoms with E-state index in [1.165, 1.54) is 24.3 Å². The zero-order valence-electron chi connectivity index (χ0n) is 11.0. The fourth-order valence-corrected chi connectivity index (χ4v) is 1.33. The molecule has 10 nitrogen and oxygen atoms in total. The monoisotopic (exact) mass is 296 g/mol. The maximum atomic E-state index is 11.7. The second-order valence-electron chi connectivity index (χ2n) is 3.79. The van der Waals surface area contributed by atoms with Crippen molar-refractivity contribution in [3.05, 3.63) is 44.9 Å². The van der Waals surface area contributed by atoms with E-state index >= 15 is 0 Å². The summed E-state index contributed by atoms with van der Waals surface area (Å²) in [5, 5.41) is 16.1. The molecule has 0 heterocycles. The third-order valence-corrected chi connectivity index (χ3v) is 2.42. The van der Waals surface area contributed by atoms with E-state index < -0.39 is 23.3 Å². The van der Waals surface area contributed by atoms with E-state index in [9.17, 15) is 24.6 Å². The van der Waals surface area contributed by atoms with Gasteiger partial charge in [-0.25, -0.2) is 5.01 Å². The number of nitrogens with one attached hydrogen (secondary N) is 1. The molecule has 0 bridgehead atoms. The Labute approximate surface area is 118 Å². The van der Waals surface area contributed by atoms with E-state index in [1.807, 2.05) is 0 Å². The number of methoxy groups -OCH3 is 1. The Bertz CT molecular complexity index is 544. The molecule has 0 aliphatic rings. The van der Waals surface area contributed by atoms with Gasteiger partial charge in [0.05, 0.1) is 17.3 Å². The molecule has 1 aromatic rings. The highest BCUT2D eigenvalue weighted by atomic mass is 16.6. The van der Waals surface area contributed by atoms with Crippen molar-refractivity contribution in [3.63, 3.8) is 0 Å². The lowest BCUT2D eigenvalue weighted by Gasteiger charge is -2.14. The van der Waals surface area contributed by atoms with Gasteiger partial charge >= 0.3 is 5.97 Å². The van der Waals surface area contributed by atoms with Crippen LogP contribution >= 0.6 is 0 Å². The highest BCUT2D eigenvalue weighted by molar-refractivity contribution is 5.94. The van der Waals surface area contributed by atoms with E-state index in [0.717, 1.165) is 12.1 Å². The van der Waals surface area contributed by atoms with Crippen LogP contribution in [0.25, 0.3) is 0 Å². The lowest BCUT2D eigenvalue weighted by atomic mass is 10.2. The van der Waals surface area contributed by atoms with E-state index in [2.05, 4.69) is 15.3 Å². The van der Waals surface area contributed by atoms with Gasteiger partial charge in [0.1, 0.15) is 13.2 Å². The van der Waals surface area contributed by atoms with E-state index in [0.29, 0.717) is 0 Å². The first-order chi connectivity index (χ1) is 9.97. The average Bonchev–Trinajstić information content (AvgIpc) is 2.50. The quantitative estimate of drug-likeness (QED) is 0.254. The zero-order valence-corrected chi connectivity index (χ0v) is 11.0. The van der Waals surface area contributed by atoms with Gasteiger partial charge < -0.3 is 10.1 Å². The molecular weight excluding hydrogens is 284 g/mol. The van der Waals surface area contributed by atoms with E-state index in [-0.39, 0.29) is 17.9 Å². The molecule has 0 saturated carbocycles. The lowest BCUT2D eigenvalue weighted by Crippen LogP contribution is -2.37. The van der Waals surface area contributed by atoms with Crippen LogP contribution in [0.4, 0.5) is 5.69 Å². The third kappa shape index (κ3) is 4.86. The SMILES string of the molecule is COC(=O)CN(CNC(=O)c1ccc([N+](=O)[O-])cc1)N=O. The predicted octanol–water partition coefficient (Wildman–Crippen LogP) is 0.438. The van der Waals surface area contributed by atoms with Gasteiger partial charge in [0.15, 0.2) is 0 Å². The van der Waals surface area contributed by atoms with Gasteiger partial charge in [0.2, 0.25) is 0 Å². The maximum absolute atomic E-state index is 11.7. The molecule has 10 heteroatoms. The number of carbonyl (C=O) groups is 2. The topological polar surface area (TPSA) is 131 Å². The van der Waals surface area contributed by atoms with Crippen LogP contribution in [0.5, 0.6) is 0 Å². The van der Waals surface area contributed by atoms with Crippen molar-refractivity contribution in [1.82, 2.24) is 10.3 Å². The van der Waals surface area contributed by atoms with Crippen molar-refractivity contribution in [1.29, 1.82) is 0 Å². The van der Waals surface area contributed by atoms with Crippen molar-refractivity contribution in [2.24, 2.45) is 5.29 Å². The van der Waals surface area contributed by atoms with Gasteiger partial charge in [0, 0.05) is 17.7 Å². The number of nitro benzene ring substituents is 1. The van der Waals surface area contributed by atoms with Crippen LogP contribution in [-0.2, 0) is 9.53 Å². The second-order valence-corrected chi connectivity index (χ2v) is 3.79. The van der Waals surface area contributed by atoms with E-state index in [1.54, 1.807) is 0 Å². The minimum atomic E-state index is -0.681. The van der Waals surface area contributed by atoms with Crippen molar-refractivity contribution in [2.45, 2.75) is 0 Å². The summed E-state index contributed by atoms with van der Waals surface area (Å²) in [5.41, 5.74) is 0.0259. The van der Waals surface area contributed by atoms with Crippen LogP contribution in [-0.4, -0.2) is 42.1 Å². The van der Waals surface area contributed by atoms with Crippen LogP contribution in [0.15, 0.2) is 29.6 Å². The smallest absolute Gasteiger partial charge is 0.327 e. The molecule has 0 atom stereocenters. The molecule has 112 valence electrons. The number of ether oxygens (including phenoxy) is 1. The largest absolute Gasteiger partial charge is 0.468 e. The number of nitrogens with zero attached hydrogens (tertiary/aromatic N) is 3. The molecule has 0 aliphatic carbocycles. The van der Waals surface area contributed by atoms with Crippen LogP contribution in [0.2, 0.25) is 0 Å². The molecule has 1 aromatic carbocycles. The Hall–Kier alpha value is -3.04. The number of rotatable bonds is 7. The van der Waals surface area contributed by atoms with Gasteiger partial charge in [-0.15, -0.1) is 4.91 Å². The number of amides is 1. The summed E-state index contributed by atoms with van der Waals surface area (Å²) in [7, 11) is 1.15. The van der Waals surface area contributed by atoms with Gasteiger partial charge in [-0.1, -0.05) is 0 Å². The number of nitroso groups, excluding NO2 is 1. The molecule has 0 aliphatic heterocycles. The number of non-ortho nitro benzene ring substituents is 1. The van der Waals surface area contributed by atoms with Crippen molar-refractivity contribution in [2.75, 3.05) is 20.3 Å². The predicted molar refractivity (Wildman–Crippen MR) is 69.9 cm³/mol. The van der Waals surface area contributed by atoms with Crippen molar-refractivity contribution in [3.8, 4) is 0 Å². The molecular formula is C11H12N4O6. The Morgan fingerprint density at radius 3 is 2.48 bits per heavy atom. The number of nitro groups is 1. The Balaban J connectivity index is 2.58. The number of hydrogen-bond donors (Lipinski definition) is 1. The average molecular weight is 296 g/mol. The van der Waals surface area contributed by atoms with Crippen molar-refractivity contribution >= 4 is 17.6 Å². The molecule has 0 unspecified atom stereocenters. The molecule has 0 aromatic heterocycles. The lowest BCUT2D eigenvalue weighted by molar-refractivity contribution is -0.384. The molecule has 0 spiro atoms. The fourth-order valence-electron chi connectivity index (χ4n) is 1.33. The first kappa shape index (κ1) is 16.0. The summed E-state index contributed by atoms with van der Waals surface area (Å²) in [6.07, 6.45) is 0. The molecule has 0 saturated heterocycles. The van der Waals surface area contributed by atoms with Gasteiger partial charge in [0.25, 0.3) is 11.6 Å². The minimum Gasteiger partial charge on any atom is -0.468 e. The standard InChI is InChI=1S/C11H12N4O6/c1-21-10(16)6-14(13-18)7-12-11(17)8-2-4-9(5-3-8)15(19)20/h2-5H,6-7H2,1H3,(H,12,17). The summed E-state index contributed by atoms with van der Waals surface area (Å²) in [6, 6.07) is 4.90. The number of hydrogen-bond acceptors (Lipinski definition) is 7. The molecule has 0 radical (unpaired) electrons. The number of esters is 1. The number of benzene rings is 1. The van der Waals surface area contributed by atoms with Crippen LogP contribution in [0.1, 0.15) is 10.4 Å². The van der Waals surface area contributed by atoms with Crippen molar-refractivity contribution < 1.29 is 19.2 Å². The van der Waals surface area contributed by atoms with Gasteiger partial charge in [-0.2, -0.15) is 0 Å². The first-order valence-corrected chi connectivity index (χ1v) is 5.65.